The van der Waals surface area contributed by atoms with E-state index in [-0.39, 0.29) is 0 Å². The average Bonchev–Trinajstić information content (AvgIpc) is 3.03. The molecular formula is C19H22N2S. The second-order valence-electron chi connectivity index (χ2n) is 5.54. The summed E-state index contributed by atoms with van der Waals surface area (Å²) in [7, 11) is 0. The van der Waals surface area contributed by atoms with Gasteiger partial charge in [0.1, 0.15) is 0 Å². The number of thiazole rings is 1. The van der Waals surface area contributed by atoms with Crippen LogP contribution in [-0.4, -0.2) is 18.1 Å². The van der Waals surface area contributed by atoms with E-state index in [0.717, 1.165) is 25.2 Å². The van der Waals surface area contributed by atoms with Gasteiger partial charge in [0.25, 0.3) is 0 Å². The van der Waals surface area contributed by atoms with Gasteiger partial charge < -0.3 is 5.32 Å². The van der Waals surface area contributed by atoms with E-state index in [1.807, 2.05) is 0 Å². The third kappa shape index (κ3) is 3.73. The third-order valence-corrected chi connectivity index (χ3v) is 4.73. The quantitative estimate of drug-likeness (QED) is 0.628. The fourth-order valence-corrected chi connectivity index (χ4v) is 3.34. The summed E-state index contributed by atoms with van der Waals surface area (Å²) >= 11 is 1.76. The number of fused-ring (bicyclic) bond motifs is 1. The zero-order valence-corrected chi connectivity index (χ0v) is 13.8. The molecule has 1 N–H and O–H groups in total. The van der Waals surface area contributed by atoms with E-state index >= 15 is 0 Å². The molecule has 3 rings (SSSR count). The lowest BCUT2D eigenvalue weighted by atomic mass is 10.1. The Labute approximate surface area is 136 Å². The Kier molecular flexibility index (Phi) is 5.20. The molecule has 0 aliphatic rings. The molecule has 114 valence electrons. The Balaban J connectivity index is 1.66. The van der Waals surface area contributed by atoms with Crippen LogP contribution >= 0.6 is 11.3 Å². The lowest BCUT2D eigenvalue weighted by Crippen LogP contribution is -2.18. The molecule has 0 spiro atoms. The molecule has 0 fully saturated rings. The van der Waals surface area contributed by atoms with Crippen molar-refractivity contribution in [2.45, 2.75) is 26.2 Å². The monoisotopic (exact) mass is 310 g/mol. The number of hydrogen-bond acceptors (Lipinski definition) is 3. The normalized spacial score (nSPS) is 11.1. The summed E-state index contributed by atoms with van der Waals surface area (Å²) in [5.41, 5.74) is 2.31. The Morgan fingerprint density at radius 2 is 1.91 bits per heavy atom. The molecule has 0 aliphatic heterocycles. The number of unbranched alkanes of at least 4 members (excludes halogenated alkanes) is 1. The number of benzene rings is 2. The van der Waals surface area contributed by atoms with Gasteiger partial charge in [0.05, 0.1) is 10.7 Å². The van der Waals surface area contributed by atoms with E-state index < -0.39 is 0 Å². The minimum absolute atomic E-state index is 1.02. The van der Waals surface area contributed by atoms with Gasteiger partial charge in [-0.1, -0.05) is 49.7 Å². The highest BCUT2D eigenvalue weighted by atomic mass is 32.1. The second kappa shape index (κ2) is 7.52. The van der Waals surface area contributed by atoms with Crippen molar-refractivity contribution in [2.24, 2.45) is 0 Å². The Morgan fingerprint density at radius 1 is 1.05 bits per heavy atom. The van der Waals surface area contributed by atoms with Crippen LogP contribution in [0.2, 0.25) is 0 Å². The van der Waals surface area contributed by atoms with Crippen molar-refractivity contribution in [3.63, 3.8) is 0 Å². The number of rotatable bonds is 7. The molecule has 1 aromatic heterocycles. The molecule has 22 heavy (non-hydrogen) atoms. The van der Waals surface area contributed by atoms with Crippen molar-refractivity contribution < 1.29 is 0 Å². The van der Waals surface area contributed by atoms with E-state index in [0.29, 0.717) is 0 Å². The molecule has 0 atom stereocenters. The predicted octanol–water partition coefficient (Wildman–Crippen LogP) is 4.90. The molecule has 0 aliphatic carbocycles. The lowest BCUT2D eigenvalue weighted by Gasteiger charge is -2.02. The van der Waals surface area contributed by atoms with Crippen LogP contribution in [0, 0.1) is 0 Å². The molecule has 2 nitrogen and oxygen atoms in total. The summed E-state index contributed by atoms with van der Waals surface area (Å²) in [4.78, 5) is 4.78. The van der Waals surface area contributed by atoms with Crippen LogP contribution in [0.3, 0.4) is 0 Å². The van der Waals surface area contributed by atoms with Crippen LogP contribution < -0.4 is 5.32 Å². The number of aromatic nitrogens is 1. The van der Waals surface area contributed by atoms with E-state index in [2.05, 4.69) is 60.1 Å². The first-order valence-electron chi connectivity index (χ1n) is 8.01. The summed E-state index contributed by atoms with van der Waals surface area (Å²) in [6, 6.07) is 15.0. The fraction of sp³-hybridized carbons (Fsp3) is 0.316. The van der Waals surface area contributed by atoms with Gasteiger partial charge in [-0.2, -0.15) is 0 Å². The molecule has 2 aromatic carbocycles. The van der Waals surface area contributed by atoms with E-state index in [1.54, 1.807) is 11.3 Å². The molecule has 0 unspecified atom stereocenters. The van der Waals surface area contributed by atoms with Crippen LogP contribution in [0.4, 0.5) is 0 Å². The largest absolute Gasteiger partial charge is 0.316 e. The van der Waals surface area contributed by atoms with Crippen LogP contribution in [0.5, 0.6) is 0 Å². The molecule has 0 radical (unpaired) electrons. The standard InChI is InChI=1S/C19H22N2S/c1-2-3-11-20-12-10-19-21-18(14-22-19)17-9-8-15-6-4-5-7-16(15)13-17/h4-9,13-14,20H,2-3,10-12H2,1H3. The molecule has 0 saturated carbocycles. The van der Waals surface area contributed by atoms with Gasteiger partial charge in [0.15, 0.2) is 0 Å². The lowest BCUT2D eigenvalue weighted by molar-refractivity contribution is 0.639. The topological polar surface area (TPSA) is 24.9 Å². The van der Waals surface area contributed by atoms with Gasteiger partial charge in [0, 0.05) is 23.9 Å². The first-order chi connectivity index (χ1) is 10.9. The first-order valence-corrected chi connectivity index (χ1v) is 8.89. The highest BCUT2D eigenvalue weighted by Gasteiger charge is 2.05. The van der Waals surface area contributed by atoms with Crippen molar-refractivity contribution in [1.82, 2.24) is 10.3 Å². The van der Waals surface area contributed by atoms with Crippen molar-refractivity contribution in [3.05, 3.63) is 52.9 Å². The molecule has 0 amide bonds. The van der Waals surface area contributed by atoms with Crippen molar-refractivity contribution >= 4 is 22.1 Å². The van der Waals surface area contributed by atoms with Gasteiger partial charge in [0.2, 0.25) is 0 Å². The van der Waals surface area contributed by atoms with Crippen LogP contribution in [0.1, 0.15) is 24.8 Å². The van der Waals surface area contributed by atoms with Crippen molar-refractivity contribution in [1.29, 1.82) is 0 Å². The predicted molar refractivity (Wildman–Crippen MR) is 96.5 cm³/mol. The summed E-state index contributed by atoms with van der Waals surface area (Å²) < 4.78 is 0. The van der Waals surface area contributed by atoms with Gasteiger partial charge in [-0.25, -0.2) is 4.98 Å². The Hall–Kier alpha value is -1.71. The number of nitrogens with zero attached hydrogens (tertiary/aromatic N) is 1. The van der Waals surface area contributed by atoms with Gasteiger partial charge in [-0.05, 0) is 29.8 Å². The summed E-state index contributed by atoms with van der Waals surface area (Å²) in [5, 5.41) is 9.42. The van der Waals surface area contributed by atoms with Gasteiger partial charge >= 0.3 is 0 Å². The minimum Gasteiger partial charge on any atom is -0.316 e. The molecule has 1 heterocycles. The maximum Gasteiger partial charge on any atom is 0.0945 e. The highest BCUT2D eigenvalue weighted by molar-refractivity contribution is 7.09. The van der Waals surface area contributed by atoms with Crippen LogP contribution in [0.25, 0.3) is 22.0 Å². The zero-order valence-electron chi connectivity index (χ0n) is 13.0. The van der Waals surface area contributed by atoms with Crippen LogP contribution in [-0.2, 0) is 6.42 Å². The number of hydrogen-bond donors (Lipinski definition) is 1. The summed E-state index contributed by atoms with van der Waals surface area (Å²) in [5.74, 6) is 0. The average molecular weight is 310 g/mol. The second-order valence-corrected chi connectivity index (χ2v) is 6.48. The SMILES string of the molecule is CCCCNCCc1nc(-c2ccc3ccccc3c2)cs1. The molecule has 0 bridgehead atoms. The van der Waals surface area contributed by atoms with Crippen molar-refractivity contribution in [2.75, 3.05) is 13.1 Å². The first kappa shape index (κ1) is 15.2. The Morgan fingerprint density at radius 3 is 2.77 bits per heavy atom. The molecular weight excluding hydrogens is 288 g/mol. The number of nitrogens with one attached hydrogen (secondary N) is 1. The molecule has 0 saturated heterocycles. The maximum absolute atomic E-state index is 4.78. The smallest absolute Gasteiger partial charge is 0.0945 e. The van der Waals surface area contributed by atoms with E-state index in [4.69, 9.17) is 4.98 Å². The zero-order chi connectivity index (χ0) is 15.2. The molecule has 3 aromatic rings. The van der Waals surface area contributed by atoms with Gasteiger partial charge in [-0.3, -0.25) is 0 Å². The molecule has 3 heteroatoms. The maximum atomic E-state index is 4.78. The summed E-state index contributed by atoms with van der Waals surface area (Å²) in [6.45, 7) is 4.35. The minimum atomic E-state index is 1.02. The third-order valence-electron chi connectivity index (χ3n) is 3.82. The van der Waals surface area contributed by atoms with Gasteiger partial charge in [-0.15, -0.1) is 11.3 Å². The Bertz CT molecular complexity index is 733. The van der Waals surface area contributed by atoms with Crippen LogP contribution in [0.15, 0.2) is 47.8 Å². The van der Waals surface area contributed by atoms with Crippen molar-refractivity contribution in [3.8, 4) is 11.3 Å². The van der Waals surface area contributed by atoms with E-state index in [1.165, 1.54) is 34.2 Å². The fourth-order valence-electron chi connectivity index (χ4n) is 2.53. The highest BCUT2D eigenvalue weighted by Crippen LogP contribution is 2.25. The summed E-state index contributed by atoms with van der Waals surface area (Å²) in [6.07, 6.45) is 3.51. The van der Waals surface area contributed by atoms with E-state index in [9.17, 15) is 0 Å².